The van der Waals surface area contributed by atoms with Crippen LogP contribution in [0.5, 0.6) is 5.88 Å². The summed E-state index contributed by atoms with van der Waals surface area (Å²) in [6.45, 7) is 4.69. The predicted molar refractivity (Wildman–Crippen MR) is 78.9 cm³/mol. The fourth-order valence-electron chi connectivity index (χ4n) is 1.92. The third-order valence-electron chi connectivity index (χ3n) is 2.72. The Bertz CT molecular complexity index is 611. The molecule has 0 atom stereocenters. The molecule has 0 bridgehead atoms. The number of benzene rings is 1. The number of nitrogens with two attached hydrogens (primary N) is 1. The van der Waals surface area contributed by atoms with Crippen molar-refractivity contribution in [3.63, 3.8) is 0 Å². The zero-order chi connectivity index (χ0) is 14.5. The topological polar surface area (TPSA) is 77.2 Å². The van der Waals surface area contributed by atoms with E-state index in [0.29, 0.717) is 24.5 Å². The first-order chi connectivity index (χ1) is 9.61. The van der Waals surface area contributed by atoms with E-state index in [4.69, 9.17) is 10.5 Å². The number of pyridine rings is 1. The van der Waals surface area contributed by atoms with Crippen molar-refractivity contribution in [2.45, 2.75) is 20.0 Å². The third kappa shape index (κ3) is 3.24. The van der Waals surface area contributed by atoms with Crippen LogP contribution in [0, 0.1) is 0 Å². The van der Waals surface area contributed by atoms with Gasteiger partial charge in [-0.3, -0.25) is 4.79 Å². The predicted octanol–water partition coefficient (Wildman–Crippen LogP) is 1.71. The summed E-state index contributed by atoms with van der Waals surface area (Å²) in [5.41, 5.74) is 6.71. The van der Waals surface area contributed by atoms with Crippen LogP contribution >= 0.6 is 0 Å². The molecule has 0 saturated heterocycles. The van der Waals surface area contributed by atoms with Crippen molar-refractivity contribution in [2.75, 3.05) is 13.1 Å². The summed E-state index contributed by atoms with van der Waals surface area (Å²) in [5, 5.41) is 3.58. The molecular formula is C15H19N3O2. The smallest absolute Gasteiger partial charge is 0.252 e. The number of carbonyl (C=O) groups is 1. The van der Waals surface area contributed by atoms with E-state index in [-0.39, 0.29) is 12.0 Å². The summed E-state index contributed by atoms with van der Waals surface area (Å²) in [7, 11) is 0. The van der Waals surface area contributed by atoms with Crippen LogP contribution in [-0.4, -0.2) is 30.1 Å². The number of ether oxygens (including phenoxy) is 1. The van der Waals surface area contributed by atoms with Crippen molar-refractivity contribution >= 4 is 16.8 Å². The van der Waals surface area contributed by atoms with Gasteiger partial charge < -0.3 is 15.8 Å². The van der Waals surface area contributed by atoms with Crippen LogP contribution in [0.25, 0.3) is 10.9 Å². The Labute approximate surface area is 118 Å². The minimum absolute atomic E-state index is 0.00335. The van der Waals surface area contributed by atoms with Gasteiger partial charge >= 0.3 is 0 Å². The number of amides is 1. The summed E-state index contributed by atoms with van der Waals surface area (Å²) < 4.78 is 5.60. The lowest BCUT2D eigenvalue weighted by Gasteiger charge is -2.12. The largest absolute Gasteiger partial charge is 0.475 e. The molecule has 2 aromatic rings. The Morgan fingerprint density at radius 1 is 1.40 bits per heavy atom. The number of carbonyl (C=O) groups excluding carboxylic acids is 1. The molecule has 0 aliphatic heterocycles. The molecule has 0 saturated carbocycles. The van der Waals surface area contributed by atoms with Crippen molar-refractivity contribution < 1.29 is 9.53 Å². The molecule has 0 aliphatic rings. The molecule has 106 valence electrons. The minimum atomic E-state index is -0.164. The number of para-hydroxylation sites is 1. The molecule has 0 aliphatic carbocycles. The quantitative estimate of drug-likeness (QED) is 0.869. The Kier molecular flexibility index (Phi) is 4.53. The fourth-order valence-corrected chi connectivity index (χ4v) is 1.92. The molecule has 0 unspecified atom stereocenters. The van der Waals surface area contributed by atoms with Gasteiger partial charge in [0.05, 0.1) is 17.2 Å². The first-order valence-electron chi connectivity index (χ1n) is 6.66. The highest BCUT2D eigenvalue weighted by Crippen LogP contribution is 2.22. The average molecular weight is 273 g/mol. The zero-order valence-electron chi connectivity index (χ0n) is 11.7. The maximum absolute atomic E-state index is 12.2. The summed E-state index contributed by atoms with van der Waals surface area (Å²) >= 11 is 0. The molecule has 0 fully saturated rings. The molecule has 20 heavy (non-hydrogen) atoms. The lowest BCUT2D eigenvalue weighted by atomic mass is 10.1. The summed E-state index contributed by atoms with van der Waals surface area (Å²) in [4.78, 5) is 16.6. The molecule has 3 N–H and O–H groups in total. The van der Waals surface area contributed by atoms with Crippen LogP contribution in [-0.2, 0) is 0 Å². The van der Waals surface area contributed by atoms with E-state index in [1.807, 2.05) is 38.1 Å². The number of fused-ring (bicyclic) bond motifs is 1. The van der Waals surface area contributed by atoms with E-state index in [0.717, 1.165) is 10.9 Å². The van der Waals surface area contributed by atoms with Gasteiger partial charge in [-0.1, -0.05) is 18.2 Å². The second-order valence-corrected chi connectivity index (χ2v) is 4.74. The van der Waals surface area contributed by atoms with Gasteiger partial charge in [-0.2, -0.15) is 0 Å². The average Bonchev–Trinajstić information content (AvgIpc) is 2.43. The van der Waals surface area contributed by atoms with Gasteiger partial charge in [0.25, 0.3) is 5.91 Å². The van der Waals surface area contributed by atoms with E-state index in [1.165, 1.54) is 0 Å². The summed E-state index contributed by atoms with van der Waals surface area (Å²) in [5.74, 6) is 0.291. The van der Waals surface area contributed by atoms with Gasteiger partial charge in [0.2, 0.25) is 5.88 Å². The van der Waals surface area contributed by atoms with Gasteiger partial charge in [0, 0.05) is 24.5 Å². The van der Waals surface area contributed by atoms with Crippen molar-refractivity contribution in [3.8, 4) is 5.88 Å². The summed E-state index contributed by atoms with van der Waals surface area (Å²) in [6.07, 6.45) is 0.00335. The first-order valence-corrected chi connectivity index (χ1v) is 6.66. The number of hydrogen-bond donors (Lipinski definition) is 2. The van der Waals surface area contributed by atoms with Gasteiger partial charge in [-0.15, -0.1) is 0 Å². The lowest BCUT2D eigenvalue weighted by molar-refractivity contribution is 0.0955. The molecule has 0 spiro atoms. The molecule has 0 radical (unpaired) electrons. The second-order valence-electron chi connectivity index (χ2n) is 4.74. The van der Waals surface area contributed by atoms with E-state index in [1.54, 1.807) is 6.07 Å². The lowest BCUT2D eigenvalue weighted by Crippen LogP contribution is -2.29. The Balaban J connectivity index is 2.46. The molecule has 5 heteroatoms. The SMILES string of the molecule is CC(C)Oc1cc(C(=O)NCCN)c2ccccc2n1. The van der Waals surface area contributed by atoms with Crippen LogP contribution in [0.15, 0.2) is 30.3 Å². The van der Waals surface area contributed by atoms with E-state index < -0.39 is 0 Å². The molecule has 1 heterocycles. The number of nitrogens with one attached hydrogen (secondary N) is 1. The number of hydrogen-bond acceptors (Lipinski definition) is 4. The van der Waals surface area contributed by atoms with Crippen molar-refractivity contribution in [2.24, 2.45) is 5.73 Å². The first kappa shape index (κ1) is 14.3. The van der Waals surface area contributed by atoms with Crippen LogP contribution in [0.3, 0.4) is 0 Å². The van der Waals surface area contributed by atoms with Crippen molar-refractivity contribution in [3.05, 3.63) is 35.9 Å². The van der Waals surface area contributed by atoms with Gasteiger partial charge in [-0.05, 0) is 19.9 Å². The standard InChI is InChI=1S/C15H19N3O2/c1-10(2)20-14-9-12(15(19)17-8-7-16)11-5-3-4-6-13(11)18-14/h3-6,9-10H,7-8,16H2,1-2H3,(H,17,19). The number of rotatable bonds is 5. The van der Waals surface area contributed by atoms with E-state index >= 15 is 0 Å². The zero-order valence-corrected chi connectivity index (χ0v) is 11.7. The van der Waals surface area contributed by atoms with Crippen LogP contribution < -0.4 is 15.8 Å². The van der Waals surface area contributed by atoms with Crippen molar-refractivity contribution in [1.29, 1.82) is 0 Å². The highest BCUT2D eigenvalue weighted by molar-refractivity contribution is 6.06. The normalized spacial score (nSPS) is 10.8. The fraction of sp³-hybridized carbons (Fsp3) is 0.333. The maximum atomic E-state index is 12.2. The van der Waals surface area contributed by atoms with E-state index in [9.17, 15) is 4.79 Å². The van der Waals surface area contributed by atoms with Crippen LogP contribution in [0.4, 0.5) is 0 Å². The van der Waals surface area contributed by atoms with Crippen LogP contribution in [0.2, 0.25) is 0 Å². The minimum Gasteiger partial charge on any atom is -0.475 e. The Morgan fingerprint density at radius 3 is 2.85 bits per heavy atom. The van der Waals surface area contributed by atoms with Crippen molar-refractivity contribution in [1.82, 2.24) is 10.3 Å². The Hall–Kier alpha value is -2.14. The molecule has 1 aromatic carbocycles. The molecule has 2 rings (SSSR count). The Morgan fingerprint density at radius 2 is 2.15 bits per heavy atom. The molecule has 1 amide bonds. The number of nitrogens with zero attached hydrogens (tertiary/aromatic N) is 1. The molecular weight excluding hydrogens is 254 g/mol. The van der Waals surface area contributed by atoms with Gasteiger partial charge in [-0.25, -0.2) is 4.98 Å². The second kappa shape index (κ2) is 6.34. The van der Waals surface area contributed by atoms with Gasteiger partial charge in [0.15, 0.2) is 0 Å². The highest BCUT2D eigenvalue weighted by atomic mass is 16.5. The van der Waals surface area contributed by atoms with E-state index in [2.05, 4.69) is 10.3 Å². The van der Waals surface area contributed by atoms with Gasteiger partial charge in [0.1, 0.15) is 0 Å². The maximum Gasteiger partial charge on any atom is 0.252 e. The molecule has 5 nitrogen and oxygen atoms in total. The molecule has 1 aromatic heterocycles. The highest BCUT2D eigenvalue weighted by Gasteiger charge is 2.13. The summed E-state index contributed by atoms with van der Waals surface area (Å²) in [6, 6.07) is 9.18. The monoisotopic (exact) mass is 273 g/mol. The van der Waals surface area contributed by atoms with Crippen LogP contribution in [0.1, 0.15) is 24.2 Å². The number of aromatic nitrogens is 1. The third-order valence-corrected chi connectivity index (χ3v) is 2.72.